The topological polar surface area (TPSA) is 40.5 Å². The third-order valence-electron chi connectivity index (χ3n) is 3.13. The molecule has 18 heavy (non-hydrogen) atoms. The predicted octanol–water partition coefficient (Wildman–Crippen LogP) is 3.67. The molecular weight excluding hydrogens is 250 g/mol. The summed E-state index contributed by atoms with van der Waals surface area (Å²) in [4.78, 5) is 12.8. The number of carboxylic acids is 1. The molecule has 0 spiro atoms. The van der Waals surface area contributed by atoms with Crippen LogP contribution >= 0.6 is 11.6 Å². The lowest BCUT2D eigenvalue weighted by atomic mass is 10.0. The van der Waals surface area contributed by atoms with E-state index in [0.29, 0.717) is 10.9 Å². The van der Waals surface area contributed by atoms with Crippen LogP contribution in [-0.4, -0.2) is 24.2 Å². The summed E-state index contributed by atoms with van der Waals surface area (Å²) in [7, 11) is 0. The van der Waals surface area contributed by atoms with Gasteiger partial charge in [-0.3, -0.25) is 4.79 Å². The van der Waals surface area contributed by atoms with Gasteiger partial charge in [0.15, 0.2) is 0 Å². The maximum absolute atomic E-state index is 11.0. The highest BCUT2D eigenvalue weighted by molar-refractivity contribution is 6.30. The van der Waals surface area contributed by atoms with Crippen molar-refractivity contribution in [2.45, 2.75) is 26.7 Å². The van der Waals surface area contributed by atoms with Crippen molar-refractivity contribution in [1.29, 1.82) is 0 Å². The molecule has 100 valence electrons. The lowest BCUT2D eigenvalue weighted by Crippen LogP contribution is -2.34. The Morgan fingerprint density at radius 3 is 2.56 bits per heavy atom. The van der Waals surface area contributed by atoms with Crippen LogP contribution in [0.15, 0.2) is 24.3 Å². The molecule has 0 aliphatic rings. The largest absolute Gasteiger partial charge is 0.480 e. The summed E-state index contributed by atoms with van der Waals surface area (Å²) in [6.07, 6.45) is 2.10. The molecule has 0 aliphatic carbocycles. The van der Waals surface area contributed by atoms with E-state index in [-0.39, 0.29) is 6.54 Å². The third kappa shape index (κ3) is 4.57. The SMILES string of the molecule is CCC(CC)CN(CC(=O)O)c1cccc(Cl)c1. The number of halogens is 1. The highest BCUT2D eigenvalue weighted by Crippen LogP contribution is 2.21. The predicted molar refractivity (Wildman–Crippen MR) is 75.4 cm³/mol. The fourth-order valence-corrected chi connectivity index (χ4v) is 2.14. The highest BCUT2D eigenvalue weighted by Gasteiger charge is 2.15. The quantitative estimate of drug-likeness (QED) is 0.821. The maximum atomic E-state index is 11.0. The minimum absolute atomic E-state index is 0.0108. The number of benzene rings is 1. The summed E-state index contributed by atoms with van der Waals surface area (Å²) >= 11 is 5.96. The maximum Gasteiger partial charge on any atom is 0.323 e. The van der Waals surface area contributed by atoms with Gasteiger partial charge in [-0.1, -0.05) is 44.4 Å². The van der Waals surface area contributed by atoms with Crippen molar-refractivity contribution in [1.82, 2.24) is 0 Å². The Morgan fingerprint density at radius 1 is 1.39 bits per heavy atom. The van der Waals surface area contributed by atoms with Crippen molar-refractivity contribution in [2.75, 3.05) is 18.0 Å². The molecule has 4 heteroatoms. The zero-order valence-electron chi connectivity index (χ0n) is 10.9. The summed E-state index contributed by atoms with van der Waals surface area (Å²) in [6, 6.07) is 7.35. The Balaban J connectivity index is 2.86. The minimum atomic E-state index is -0.819. The zero-order chi connectivity index (χ0) is 13.5. The van der Waals surface area contributed by atoms with Gasteiger partial charge in [-0.25, -0.2) is 0 Å². The Kier molecular flexibility index (Phi) is 5.99. The monoisotopic (exact) mass is 269 g/mol. The smallest absolute Gasteiger partial charge is 0.323 e. The Hall–Kier alpha value is -1.22. The van der Waals surface area contributed by atoms with Gasteiger partial charge in [0.2, 0.25) is 0 Å². The fourth-order valence-electron chi connectivity index (χ4n) is 1.96. The van der Waals surface area contributed by atoms with E-state index in [0.717, 1.165) is 25.1 Å². The Labute approximate surface area is 113 Å². The highest BCUT2D eigenvalue weighted by atomic mass is 35.5. The van der Waals surface area contributed by atoms with E-state index in [1.54, 1.807) is 6.07 Å². The molecule has 0 atom stereocenters. The van der Waals surface area contributed by atoms with Crippen LogP contribution in [-0.2, 0) is 4.79 Å². The van der Waals surface area contributed by atoms with Crippen LogP contribution in [0.2, 0.25) is 5.02 Å². The Bertz CT molecular complexity index is 391. The van der Waals surface area contributed by atoms with Crippen LogP contribution in [0.3, 0.4) is 0 Å². The van der Waals surface area contributed by atoms with Gasteiger partial charge in [0.05, 0.1) is 0 Å². The molecule has 0 fully saturated rings. The molecule has 1 N–H and O–H groups in total. The molecule has 0 heterocycles. The van der Waals surface area contributed by atoms with E-state index in [1.807, 2.05) is 23.1 Å². The summed E-state index contributed by atoms with van der Waals surface area (Å²) in [5.74, 6) is -0.315. The van der Waals surface area contributed by atoms with E-state index in [2.05, 4.69) is 13.8 Å². The van der Waals surface area contributed by atoms with Gasteiger partial charge in [0.25, 0.3) is 0 Å². The number of hydrogen-bond acceptors (Lipinski definition) is 2. The molecule has 0 aromatic heterocycles. The summed E-state index contributed by atoms with van der Waals surface area (Å²) < 4.78 is 0. The molecule has 0 aliphatic heterocycles. The number of hydrogen-bond donors (Lipinski definition) is 1. The second-order valence-corrected chi connectivity index (χ2v) is 4.87. The molecule has 3 nitrogen and oxygen atoms in total. The van der Waals surface area contributed by atoms with Gasteiger partial charge in [0.1, 0.15) is 6.54 Å². The number of aliphatic carboxylic acids is 1. The van der Waals surface area contributed by atoms with Gasteiger partial charge in [-0.05, 0) is 24.1 Å². The van der Waals surface area contributed by atoms with Gasteiger partial charge in [0, 0.05) is 17.3 Å². The van der Waals surface area contributed by atoms with Crippen LogP contribution in [0.25, 0.3) is 0 Å². The molecule has 0 bridgehead atoms. The van der Waals surface area contributed by atoms with E-state index in [4.69, 9.17) is 16.7 Å². The van der Waals surface area contributed by atoms with E-state index >= 15 is 0 Å². The number of rotatable bonds is 7. The molecule has 0 amide bonds. The number of nitrogens with zero attached hydrogens (tertiary/aromatic N) is 1. The van der Waals surface area contributed by atoms with Gasteiger partial charge >= 0.3 is 5.97 Å². The van der Waals surface area contributed by atoms with Crippen molar-refractivity contribution in [3.05, 3.63) is 29.3 Å². The first-order valence-electron chi connectivity index (χ1n) is 6.29. The molecule has 1 aromatic carbocycles. The lowest BCUT2D eigenvalue weighted by Gasteiger charge is -2.27. The van der Waals surface area contributed by atoms with Crippen molar-refractivity contribution in [3.63, 3.8) is 0 Å². The average molecular weight is 270 g/mol. The molecule has 0 unspecified atom stereocenters. The number of anilines is 1. The first kappa shape index (κ1) is 14.8. The van der Waals surface area contributed by atoms with Crippen LogP contribution in [0.4, 0.5) is 5.69 Å². The van der Waals surface area contributed by atoms with Crippen LogP contribution in [0, 0.1) is 5.92 Å². The van der Waals surface area contributed by atoms with Crippen LogP contribution in [0.5, 0.6) is 0 Å². The first-order chi connectivity index (χ1) is 8.56. The second kappa shape index (κ2) is 7.27. The normalized spacial score (nSPS) is 10.7. The number of carboxylic acid groups (broad SMARTS) is 1. The third-order valence-corrected chi connectivity index (χ3v) is 3.37. The summed E-state index contributed by atoms with van der Waals surface area (Å²) in [6.45, 7) is 5.02. The van der Waals surface area contributed by atoms with Crippen molar-refractivity contribution >= 4 is 23.3 Å². The molecule has 0 saturated carbocycles. The first-order valence-corrected chi connectivity index (χ1v) is 6.66. The van der Waals surface area contributed by atoms with Crippen molar-refractivity contribution in [3.8, 4) is 0 Å². The molecule has 1 rings (SSSR count). The van der Waals surface area contributed by atoms with E-state index in [1.165, 1.54) is 0 Å². The fraction of sp³-hybridized carbons (Fsp3) is 0.500. The van der Waals surface area contributed by atoms with Crippen molar-refractivity contribution in [2.24, 2.45) is 5.92 Å². The summed E-state index contributed by atoms with van der Waals surface area (Å²) in [5.41, 5.74) is 0.872. The van der Waals surface area contributed by atoms with E-state index in [9.17, 15) is 4.79 Å². The van der Waals surface area contributed by atoms with Gasteiger partial charge in [-0.15, -0.1) is 0 Å². The lowest BCUT2D eigenvalue weighted by molar-refractivity contribution is -0.135. The van der Waals surface area contributed by atoms with Crippen LogP contribution in [0.1, 0.15) is 26.7 Å². The zero-order valence-corrected chi connectivity index (χ0v) is 11.7. The van der Waals surface area contributed by atoms with Crippen molar-refractivity contribution < 1.29 is 9.90 Å². The van der Waals surface area contributed by atoms with Crippen LogP contribution < -0.4 is 4.90 Å². The molecule has 0 saturated heterocycles. The minimum Gasteiger partial charge on any atom is -0.480 e. The Morgan fingerprint density at radius 2 is 2.06 bits per heavy atom. The average Bonchev–Trinajstić information content (AvgIpc) is 2.34. The standard InChI is InChI=1S/C14H20ClNO2/c1-3-11(4-2)9-16(10-14(17)18)13-7-5-6-12(15)8-13/h5-8,11H,3-4,9-10H2,1-2H3,(H,17,18). The second-order valence-electron chi connectivity index (χ2n) is 4.44. The molecule has 0 radical (unpaired) electrons. The van der Waals surface area contributed by atoms with Gasteiger partial charge in [-0.2, -0.15) is 0 Å². The van der Waals surface area contributed by atoms with Gasteiger partial charge < -0.3 is 10.0 Å². The molecular formula is C14H20ClNO2. The van der Waals surface area contributed by atoms with E-state index < -0.39 is 5.97 Å². The number of carbonyl (C=O) groups is 1. The summed E-state index contributed by atoms with van der Waals surface area (Å²) in [5, 5.41) is 9.63. The molecule has 1 aromatic rings.